The van der Waals surface area contributed by atoms with Crippen molar-refractivity contribution in [2.45, 2.75) is 6.42 Å². The van der Waals surface area contributed by atoms with Crippen molar-refractivity contribution in [3.8, 4) is 23.1 Å². The molecular weight excluding hydrogens is 316 g/mol. The predicted octanol–water partition coefficient (Wildman–Crippen LogP) is 4.02. The van der Waals surface area contributed by atoms with E-state index in [9.17, 15) is 10.1 Å². The van der Waals surface area contributed by atoms with Gasteiger partial charge in [-0.3, -0.25) is 0 Å². The molecule has 2 heterocycles. The number of hydrogen-bond donors (Lipinski definition) is 1. The summed E-state index contributed by atoms with van der Waals surface area (Å²) < 4.78 is 10.8. The van der Waals surface area contributed by atoms with Crippen molar-refractivity contribution < 1.29 is 9.15 Å². The number of fused-ring (bicyclic) bond motifs is 3. The largest absolute Gasteiger partial charge is 0.497 e. The Morgan fingerprint density at radius 2 is 2.00 bits per heavy atom. The molecule has 5 nitrogen and oxygen atoms in total. The molecule has 0 aliphatic heterocycles. The Labute approximate surface area is 143 Å². The number of nitrogens with one attached hydrogen (secondary N) is 1. The van der Waals surface area contributed by atoms with Gasteiger partial charge < -0.3 is 14.1 Å². The van der Waals surface area contributed by atoms with Crippen molar-refractivity contribution in [1.29, 1.82) is 5.26 Å². The Balaban J connectivity index is 2.16. The molecule has 0 bridgehead atoms. The molecule has 2 aromatic heterocycles. The summed E-state index contributed by atoms with van der Waals surface area (Å²) in [5, 5.41) is 10.4. The number of hydrogen-bond acceptors (Lipinski definition) is 4. The molecule has 5 heteroatoms. The smallest absolute Gasteiger partial charge is 0.346 e. The van der Waals surface area contributed by atoms with Crippen molar-refractivity contribution >= 4 is 21.9 Å². The zero-order valence-corrected chi connectivity index (χ0v) is 13.5. The van der Waals surface area contributed by atoms with E-state index in [1.807, 2.05) is 36.4 Å². The summed E-state index contributed by atoms with van der Waals surface area (Å²) in [6.45, 7) is 0. The number of rotatable bonds is 3. The van der Waals surface area contributed by atoms with Gasteiger partial charge in [-0.2, -0.15) is 5.26 Å². The Morgan fingerprint density at radius 1 is 1.20 bits per heavy atom. The van der Waals surface area contributed by atoms with Crippen molar-refractivity contribution in [2.24, 2.45) is 0 Å². The van der Waals surface area contributed by atoms with E-state index in [0.717, 1.165) is 16.6 Å². The summed E-state index contributed by atoms with van der Waals surface area (Å²) in [7, 11) is 1.59. The molecule has 0 aliphatic rings. The van der Waals surface area contributed by atoms with Crippen molar-refractivity contribution in [1.82, 2.24) is 4.98 Å². The molecule has 0 unspecified atom stereocenters. The van der Waals surface area contributed by atoms with E-state index >= 15 is 0 Å². The van der Waals surface area contributed by atoms with Crippen LogP contribution in [0.3, 0.4) is 0 Å². The number of nitrogens with zero attached hydrogens (tertiary/aromatic N) is 1. The second-order valence-electron chi connectivity index (χ2n) is 5.68. The van der Waals surface area contributed by atoms with Crippen LogP contribution in [-0.4, -0.2) is 12.1 Å². The molecule has 0 atom stereocenters. The van der Waals surface area contributed by atoms with Gasteiger partial charge in [-0.15, -0.1) is 0 Å². The number of benzene rings is 2. The Hall–Kier alpha value is -3.52. The second kappa shape index (κ2) is 5.84. The number of nitriles is 1. The van der Waals surface area contributed by atoms with Gasteiger partial charge >= 0.3 is 5.63 Å². The van der Waals surface area contributed by atoms with Crippen molar-refractivity contribution in [3.63, 3.8) is 0 Å². The molecule has 122 valence electrons. The maximum atomic E-state index is 12.6. The Kier molecular flexibility index (Phi) is 3.51. The summed E-state index contributed by atoms with van der Waals surface area (Å²) in [4.78, 5) is 15.9. The van der Waals surface area contributed by atoms with Gasteiger partial charge in [-0.05, 0) is 23.8 Å². The van der Waals surface area contributed by atoms with Gasteiger partial charge in [0.2, 0.25) is 0 Å². The number of aromatic amines is 1. The highest BCUT2D eigenvalue weighted by Gasteiger charge is 2.19. The highest BCUT2D eigenvalue weighted by molar-refractivity contribution is 6.06. The molecule has 0 aliphatic carbocycles. The minimum Gasteiger partial charge on any atom is -0.497 e. The predicted molar refractivity (Wildman–Crippen MR) is 95.6 cm³/mol. The zero-order chi connectivity index (χ0) is 17.4. The minimum atomic E-state index is -0.448. The number of H-pyrrole nitrogens is 1. The molecule has 4 aromatic rings. The molecule has 0 saturated heterocycles. The van der Waals surface area contributed by atoms with Gasteiger partial charge in [0, 0.05) is 10.9 Å². The fourth-order valence-corrected chi connectivity index (χ4v) is 3.14. The van der Waals surface area contributed by atoms with Gasteiger partial charge in [0.1, 0.15) is 11.3 Å². The quantitative estimate of drug-likeness (QED) is 0.576. The van der Waals surface area contributed by atoms with E-state index in [2.05, 4.69) is 11.1 Å². The summed E-state index contributed by atoms with van der Waals surface area (Å²) in [5.41, 5.74) is 3.02. The molecule has 0 fully saturated rings. The van der Waals surface area contributed by atoms with E-state index in [-0.39, 0.29) is 6.42 Å². The highest BCUT2D eigenvalue weighted by atomic mass is 16.5. The monoisotopic (exact) mass is 330 g/mol. The van der Waals surface area contributed by atoms with E-state index in [1.54, 1.807) is 19.2 Å². The van der Waals surface area contributed by atoms with Crippen LogP contribution in [0, 0.1) is 11.3 Å². The van der Waals surface area contributed by atoms with Crippen LogP contribution in [0.25, 0.3) is 33.1 Å². The number of aromatic nitrogens is 1. The van der Waals surface area contributed by atoms with Gasteiger partial charge in [-0.25, -0.2) is 4.79 Å². The maximum absolute atomic E-state index is 12.6. The van der Waals surface area contributed by atoms with Crippen LogP contribution in [0.2, 0.25) is 0 Å². The molecule has 0 amide bonds. The Morgan fingerprint density at radius 3 is 2.72 bits per heavy atom. The Bertz CT molecular complexity index is 1180. The summed E-state index contributed by atoms with van der Waals surface area (Å²) in [6, 6.07) is 17.1. The topological polar surface area (TPSA) is 79.0 Å². The number of methoxy groups -OCH3 is 1. The lowest BCUT2D eigenvalue weighted by atomic mass is 10.0. The first-order chi connectivity index (χ1) is 12.2. The molecule has 0 saturated carbocycles. The second-order valence-corrected chi connectivity index (χ2v) is 5.68. The summed E-state index contributed by atoms with van der Waals surface area (Å²) >= 11 is 0. The lowest BCUT2D eigenvalue weighted by molar-refractivity contribution is 0.415. The van der Waals surface area contributed by atoms with Crippen LogP contribution in [0.1, 0.15) is 5.56 Å². The molecule has 2 aromatic carbocycles. The molecular formula is C20H14N2O3. The molecule has 25 heavy (non-hydrogen) atoms. The van der Waals surface area contributed by atoms with Crippen molar-refractivity contribution in [2.75, 3.05) is 7.11 Å². The normalized spacial score (nSPS) is 10.9. The van der Waals surface area contributed by atoms with Crippen LogP contribution in [0.5, 0.6) is 5.75 Å². The number of ether oxygens (including phenoxy) is 1. The van der Waals surface area contributed by atoms with E-state index < -0.39 is 5.63 Å². The molecule has 1 N–H and O–H groups in total. The van der Waals surface area contributed by atoms with E-state index in [4.69, 9.17) is 9.15 Å². The highest BCUT2D eigenvalue weighted by Crippen LogP contribution is 2.33. The fourth-order valence-electron chi connectivity index (χ4n) is 3.14. The fraction of sp³-hybridized carbons (Fsp3) is 0.100. The van der Waals surface area contributed by atoms with Gasteiger partial charge in [0.25, 0.3) is 0 Å². The van der Waals surface area contributed by atoms with E-state index in [0.29, 0.717) is 27.8 Å². The van der Waals surface area contributed by atoms with Crippen LogP contribution < -0.4 is 10.4 Å². The van der Waals surface area contributed by atoms with Gasteiger partial charge in [0.15, 0.2) is 0 Å². The first-order valence-corrected chi connectivity index (χ1v) is 7.80. The van der Waals surface area contributed by atoms with Gasteiger partial charge in [0.05, 0.1) is 36.2 Å². The third-order valence-electron chi connectivity index (χ3n) is 4.28. The molecule has 4 rings (SSSR count). The third kappa shape index (κ3) is 2.36. The van der Waals surface area contributed by atoms with Crippen LogP contribution in [0.4, 0.5) is 0 Å². The molecule has 0 spiro atoms. The SMILES string of the molecule is COc1ccc2oc(=O)c3c(CC#N)c(-c4ccccc4)[nH]c3c2c1. The van der Waals surface area contributed by atoms with Crippen LogP contribution in [-0.2, 0) is 6.42 Å². The minimum absolute atomic E-state index is 0.116. The lowest BCUT2D eigenvalue weighted by Crippen LogP contribution is -2.01. The standard InChI is InChI=1S/C20H14N2O3/c1-24-13-7-8-16-15(11-13)19-17(20(23)25-16)14(9-10-21)18(22-19)12-5-3-2-4-6-12/h2-8,11,22H,9H2,1H3. The van der Waals surface area contributed by atoms with E-state index in [1.165, 1.54) is 0 Å². The first kappa shape index (κ1) is 15.0. The lowest BCUT2D eigenvalue weighted by Gasteiger charge is -2.02. The zero-order valence-electron chi connectivity index (χ0n) is 13.5. The summed E-state index contributed by atoms with van der Waals surface area (Å²) in [5.74, 6) is 0.667. The average molecular weight is 330 g/mol. The first-order valence-electron chi connectivity index (χ1n) is 7.80. The molecule has 0 radical (unpaired) electrons. The van der Waals surface area contributed by atoms with Crippen molar-refractivity contribution in [3.05, 3.63) is 64.5 Å². The maximum Gasteiger partial charge on any atom is 0.346 e. The third-order valence-corrected chi connectivity index (χ3v) is 4.28. The van der Waals surface area contributed by atoms with Gasteiger partial charge in [-0.1, -0.05) is 30.3 Å². The van der Waals surface area contributed by atoms with Crippen LogP contribution in [0.15, 0.2) is 57.7 Å². The summed E-state index contributed by atoms with van der Waals surface area (Å²) in [6.07, 6.45) is 0.116. The van der Waals surface area contributed by atoms with Crippen LogP contribution >= 0.6 is 0 Å². The average Bonchev–Trinajstić information content (AvgIpc) is 3.03.